The zero-order valence-electron chi connectivity index (χ0n) is 11.9. The average Bonchev–Trinajstić information content (AvgIpc) is 2.87. The van der Waals surface area contributed by atoms with Gasteiger partial charge < -0.3 is 10.1 Å². The summed E-state index contributed by atoms with van der Waals surface area (Å²) in [6, 6.07) is 3.89. The van der Waals surface area contributed by atoms with Gasteiger partial charge in [0.05, 0.1) is 16.9 Å². The summed E-state index contributed by atoms with van der Waals surface area (Å²) in [7, 11) is 0. The number of carbonyl (C=O) groups excluding carboxylic acids is 1. The third-order valence-electron chi connectivity index (χ3n) is 2.96. The molecule has 0 spiro atoms. The van der Waals surface area contributed by atoms with E-state index in [1.165, 1.54) is 23.1 Å². The second kappa shape index (κ2) is 6.74. The number of ether oxygens (including phenoxy) is 1. The van der Waals surface area contributed by atoms with E-state index in [0.717, 1.165) is 5.56 Å². The number of nitrogens with one attached hydrogen (secondary N) is 1. The zero-order valence-corrected chi connectivity index (χ0v) is 12.6. The summed E-state index contributed by atoms with van der Waals surface area (Å²) in [4.78, 5) is 12.2. The molecule has 0 aliphatic heterocycles. The lowest BCUT2D eigenvalue weighted by molar-refractivity contribution is -0.119. The van der Waals surface area contributed by atoms with Crippen molar-refractivity contribution in [2.45, 2.75) is 26.5 Å². The Labute approximate surface area is 130 Å². The molecule has 1 aromatic carbocycles. The summed E-state index contributed by atoms with van der Waals surface area (Å²) in [6.45, 7) is 0.418. The van der Waals surface area contributed by atoms with Crippen molar-refractivity contribution < 1.29 is 18.3 Å². The molecule has 8 heteroatoms. The van der Waals surface area contributed by atoms with Crippen LogP contribution >= 0.6 is 11.6 Å². The number of aryl methyl sites for hydroxylation is 1. The Morgan fingerprint density at radius 1 is 1.45 bits per heavy atom. The highest BCUT2D eigenvalue weighted by Gasteiger charge is 2.18. The molecule has 0 saturated carbocycles. The van der Waals surface area contributed by atoms with Gasteiger partial charge >= 0.3 is 6.61 Å². The summed E-state index contributed by atoms with van der Waals surface area (Å²) in [5, 5.41) is 6.90. The van der Waals surface area contributed by atoms with E-state index < -0.39 is 18.6 Å². The molecule has 0 fully saturated rings. The smallest absolute Gasteiger partial charge is 0.387 e. The first kappa shape index (κ1) is 16.2. The van der Waals surface area contributed by atoms with Crippen molar-refractivity contribution >= 4 is 23.2 Å². The molecule has 1 aromatic heterocycles. The molecule has 118 valence electrons. The van der Waals surface area contributed by atoms with E-state index in [-0.39, 0.29) is 11.4 Å². The third kappa shape index (κ3) is 3.94. The van der Waals surface area contributed by atoms with E-state index in [1.807, 2.05) is 0 Å². The Bertz CT molecular complexity index is 676. The van der Waals surface area contributed by atoms with Crippen molar-refractivity contribution in [2.24, 2.45) is 0 Å². The molecular formula is C14H14ClF2N3O2. The van der Waals surface area contributed by atoms with E-state index >= 15 is 0 Å². The summed E-state index contributed by atoms with van der Waals surface area (Å²) in [6.07, 6.45) is 2.90. The van der Waals surface area contributed by atoms with Crippen molar-refractivity contribution in [2.75, 3.05) is 5.32 Å². The highest BCUT2D eigenvalue weighted by Crippen LogP contribution is 2.28. The topological polar surface area (TPSA) is 56.1 Å². The number of alkyl halides is 2. The van der Waals surface area contributed by atoms with Crippen molar-refractivity contribution in [3.8, 4) is 5.75 Å². The molecule has 5 nitrogen and oxygen atoms in total. The third-order valence-corrected chi connectivity index (χ3v) is 3.15. The minimum absolute atomic E-state index is 0.0975. The van der Waals surface area contributed by atoms with Gasteiger partial charge in [-0.25, -0.2) is 0 Å². The number of nitrogens with zero attached hydrogens (tertiary/aromatic N) is 2. The fraction of sp³-hybridized carbons (Fsp3) is 0.286. The zero-order chi connectivity index (χ0) is 16.3. The molecule has 0 bridgehead atoms. The maximum Gasteiger partial charge on any atom is 0.387 e. The summed E-state index contributed by atoms with van der Waals surface area (Å²) >= 11 is 5.75. The van der Waals surface area contributed by atoms with Crippen molar-refractivity contribution in [1.82, 2.24) is 9.78 Å². The Kier molecular flexibility index (Phi) is 4.97. The summed E-state index contributed by atoms with van der Waals surface area (Å²) in [5.41, 5.74) is 0.974. The van der Waals surface area contributed by atoms with E-state index in [0.29, 0.717) is 5.02 Å². The van der Waals surface area contributed by atoms with Crippen LogP contribution in [0.25, 0.3) is 0 Å². The maximum absolute atomic E-state index is 12.4. The monoisotopic (exact) mass is 329 g/mol. The lowest BCUT2D eigenvalue weighted by Gasteiger charge is -2.16. The van der Waals surface area contributed by atoms with Gasteiger partial charge in [0.15, 0.2) is 0 Å². The van der Waals surface area contributed by atoms with Crippen LogP contribution in [0.2, 0.25) is 5.02 Å². The molecule has 1 amide bonds. The number of aromatic nitrogens is 2. The van der Waals surface area contributed by atoms with Crippen molar-refractivity contribution in [1.29, 1.82) is 0 Å². The molecule has 22 heavy (non-hydrogen) atoms. The number of rotatable bonds is 5. The largest absolute Gasteiger partial charge is 0.433 e. The van der Waals surface area contributed by atoms with Crippen LogP contribution in [0.15, 0.2) is 30.6 Å². The molecule has 2 rings (SSSR count). The SMILES string of the molecule is Cc1ccc(OC(F)F)c(NC(=O)C(C)n2cc(Cl)cn2)c1. The van der Waals surface area contributed by atoms with Crippen molar-refractivity contribution in [3.05, 3.63) is 41.2 Å². The summed E-state index contributed by atoms with van der Waals surface area (Å²) < 4.78 is 30.6. The van der Waals surface area contributed by atoms with Crippen LogP contribution in [-0.4, -0.2) is 22.3 Å². The number of amides is 1. The van der Waals surface area contributed by atoms with Gasteiger partial charge in [-0.15, -0.1) is 0 Å². The van der Waals surface area contributed by atoms with Gasteiger partial charge in [-0.2, -0.15) is 13.9 Å². The van der Waals surface area contributed by atoms with E-state index in [9.17, 15) is 13.6 Å². The van der Waals surface area contributed by atoms with Crippen LogP contribution in [0.5, 0.6) is 5.75 Å². The Hall–Kier alpha value is -2.15. The van der Waals surface area contributed by atoms with Crippen LogP contribution in [0.1, 0.15) is 18.5 Å². The predicted molar refractivity (Wildman–Crippen MR) is 78.4 cm³/mol. The molecule has 0 saturated heterocycles. The molecule has 0 aliphatic rings. The molecular weight excluding hydrogens is 316 g/mol. The lowest BCUT2D eigenvalue weighted by atomic mass is 10.2. The van der Waals surface area contributed by atoms with Crippen LogP contribution in [0.3, 0.4) is 0 Å². The van der Waals surface area contributed by atoms with Crippen molar-refractivity contribution in [3.63, 3.8) is 0 Å². The standard InChI is InChI=1S/C14H14ClF2N3O2/c1-8-3-4-12(22-14(16)17)11(5-8)19-13(21)9(2)20-7-10(15)6-18-20/h3-7,9,14H,1-2H3,(H,19,21). The minimum atomic E-state index is -2.97. The molecule has 1 heterocycles. The number of carbonyl (C=O) groups is 1. The Morgan fingerprint density at radius 3 is 2.77 bits per heavy atom. The van der Waals surface area contributed by atoms with Gasteiger partial charge in [-0.1, -0.05) is 17.7 Å². The number of hydrogen-bond acceptors (Lipinski definition) is 3. The number of anilines is 1. The molecule has 1 unspecified atom stereocenters. The first-order valence-electron chi connectivity index (χ1n) is 6.43. The van der Waals surface area contributed by atoms with Crippen LogP contribution in [0.4, 0.5) is 14.5 Å². The van der Waals surface area contributed by atoms with Crippen LogP contribution in [0, 0.1) is 6.92 Å². The van der Waals surface area contributed by atoms with Gasteiger partial charge in [0.2, 0.25) is 5.91 Å². The fourth-order valence-corrected chi connectivity index (χ4v) is 1.97. The molecule has 1 atom stereocenters. The van der Waals surface area contributed by atoms with Crippen LogP contribution in [-0.2, 0) is 4.79 Å². The number of hydrogen-bond donors (Lipinski definition) is 1. The quantitative estimate of drug-likeness (QED) is 0.911. The molecule has 0 aliphatic carbocycles. The Balaban J connectivity index is 2.18. The molecule has 0 radical (unpaired) electrons. The first-order chi connectivity index (χ1) is 10.4. The molecule has 2 aromatic rings. The first-order valence-corrected chi connectivity index (χ1v) is 6.80. The van der Waals surface area contributed by atoms with Gasteiger partial charge in [0.25, 0.3) is 0 Å². The average molecular weight is 330 g/mol. The van der Waals surface area contributed by atoms with Gasteiger partial charge in [0, 0.05) is 6.20 Å². The summed E-state index contributed by atoms with van der Waals surface area (Å²) in [5.74, 6) is -0.524. The predicted octanol–water partition coefficient (Wildman–Crippen LogP) is 3.65. The highest BCUT2D eigenvalue weighted by atomic mass is 35.5. The normalized spacial score (nSPS) is 12.3. The Morgan fingerprint density at radius 2 is 2.18 bits per heavy atom. The lowest BCUT2D eigenvalue weighted by Crippen LogP contribution is -2.24. The fourth-order valence-electron chi connectivity index (χ4n) is 1.82. The second-order valence-electron chi connectivity index (χ2n) is 4.68. The maximum atomic E-state index is 12.4. The van der Waals surface area contributed by atoms with E-state index in [2.05, 4.69) is 15.2 Å². The van der Waals surface area contributed by atoms with E-state index in [4.69, 9.17) is 11.6 Å². The van der Waals surface area contributed by atoms with Crippen LogP contribution < -0.4 is 10.1 Å². The van der Waals surface area contributed by atoms with Gasteiger partial charge in [-0.05, 0) is 31.5 Å². The highest BCUT2D eigenvalue weighted by molar-refractivity contribution is 6.30. The second-order valence-corrected chi connectivity index (χ2v) is 5.12. The molecule has 1 N–H and O–H groups in total. The number of benzene rings is 1. The van der Waals surface area contributed by atoms with Gasteiger partial charge in [-0.3, -0.25) is 9.48 Å². The number of halogens is 3. The minimum Gasteiger partial charge on any atom is -0.433 e. The van der Waals surface area contributed by atoms with Gasteiger partial charge in [0.1, 0.15) is 11.8 Å². The van der Waals surface area contributed by atoms with E-state index in [1.54, 1.807) is 26.0 Å².